The smallest absolute Gasteiger partial charge is 0.136 e. The summed E-state index contributed by atoms with van der Waals surface area (Å²) in [7, 11) is 0. The zero-order valence-electron chi connectivity index (χ0n) is 26.6. The number of allylic oxidation sites excluding steroid dienone is 2. The van der Waals surface area contributed by atoms with Gasteiger partial charge in [-0.1, -0.05) is 50.3 Å². The summed E-state index contributed by atoms with van der Waals surface area (Å²) in [4.78, 5) is 2.30. The SMILES string of the molecule is C/C=C(\C)N(c1ccccc1)c1ccc(-n2c3ccc4oc5ccc6c7c8c(ccc9oc%10ccc2c(c%10c98)c3c4c57)C6(C)C)cc1. The van der Waals surface area contributed by atoms with Crippen molar-refractivity contribution in [3.05, 3.63) is 126 Å². The summed E-state index contributed by atoms with van der Waals surface area (Å²) in [6.45, 7) is 8.95. The maximum atomic E-state index is 6.66. The highest BCUT2D eigenvalue weighted by molar-refractivity contribution is 6.42. The van der Waals surface area contributed by atoms with Crippen LogP contribution >= 0.6 is 0 Å². The molecule has 0 N–H and O–H groups in total. The van der Waals surface area contributed by atoms with Crippen molar-refractivity contribution in [2.45, 2.75) is 33.1 Å². The Bertz CT molecular complexity index is 2790. The first-order valence-corrected chi connectivity index (χ1v) is 16.4. The van der Waals surface area contributed by atoms with Crippen molar-refractivity contribution in [1.82, 2.24) is 4.57 Å². The Hall–Kier alpha value is -5.74. The summed E-state index contributed by atoms with van der Waals surface area (Å²) < 4.78 is 15.7. The van der Waals surface area contributed by atoms with E-state index < -0.39 is 0 Å². The Morgan fingerprint density at radius 3 is 1.53 bits per heavy atom. The van der Waals surface area contributed by atoms with Crippen LogP contribution < -0.4 is 4.90 Å². The second-order valence-corrected chi connectivity index (χ2v) is 13.7. The second kappa shape index (κ2) is 8.34. The molecular formula is C43H30N2O2. The average molecular weight is 607 g/mol. The Balaban J connectivity index is 1.29. The van der Waals surface area contributed by atoms with E-state index in [4.69, 9.17) is 8.83 Å². The van der Waals surface area contributed by atoms with Crippen molar-refractivity contribution < 1.29 is 8.83 Å². The first kappa shape index (κ1) is 25.5. The Labute approximate surface area is 270 Å². The molecular weight excluding hydrogens is 576 g/mol. The molecule has 0 amide bonds. The van der Waals surface area contributed by atoms with E-state index in [2.05, 4.69) is 146 Å². The largest absolute Gasteiger partial charge is 0.456 e. The van der Waals surface area contributed by atoms with Crippen LogP contribution in [0.3, 0.4) is 0 Å². The molecule has 47 heavy (non-hydrogen) atoms. The molecule has 0 aliphatic heterocycles. The van der Waals surface area contributed by atoms with Crippen molar-refractivity contribution in [2.24, 2.45) is 0 Å². The topological polar surface area (TPSA) is 34.5 Å². The molecule has 10 aromatic rings. The average Bonchev–Trinajstić information content (AvgIpc) is 3.81. The number of anilines is 2. The molecule has 0 saturated heterocycles. The number of nitrogens with zero attached hydrogens (tertiary/aromatic N) is 2. The summed E-state index contributed by atoms with van der Waals surface area (Å²) in [6, 6.07) is 37.3. The zero-order valence-corrected chi connectivity index (χ0v) is 26.6. The van der Waals surface area contributed by atoms with Gasteiger partial charge in [0.25, 0.3) is 0 Å². The van der Waals surface area contributed by atoms with Gasteiger partial charge in [-0.25, -0.2) is 0 Å². The molecule has 0 fully saturated rings. The van der Waals surface area contributed by atoms with Crippen LogP contribution in [0.2, 0.25) is 0 Å². The van der Waals surface area contributed by atoms with E-state index >= 15 is 0 Å². The van der Waals surface area contributed by atoms with E-state index in [9.17, 15) is 0 Å². The van der Waals surface area contributed by atoms with Gasteiger partial charge < -0.3 is 18.3 Å². The van der Waals surface area contributed by atoms with Crippen molar-refractivity contribution in [3.63, 3.8) is 0 Å². The maximum Gasteiger partial charge on any atom is 0.136 e. The van der Waals surface area contributed by atoms with Gasteiger partial charge in [-0.05, 0) is 109 Å². The number of rotatable bonds is 4. The standard InChI is InChI=1S/C43H30N2O2/c1-5-23(2)44(24-9-7-6-8-10-24)25-11-13-26(14-12-25)45-29-17-21-33-41-37(29)38-30(45)18-22-34-42(38)40-32(47-34)20-16-28-36(40)35-27(43(28,3)4)15-19-31(46-33)39(35)41/h5-22H,1-4H3/b23-5+. The quantitative estimate of drug-likeness (QED) is 0.200. The third-order valence-electron chi connectivity index (χ3n) is 11.0. The van der Waals surface area contributed by atoms with E-state index in [-0.39, 0.29) is 5.41 Å². The third-order valence-corrected chi connectivity index (χ3v) is 11.0. The maximum absolute atomic E-state index is 6.66. The number of hydrogen-bond acceptors (Lipinski definition) is 3. The van der Waals surface area contributed by atoms with Crippen LogP contribution in [-0.2, 0) is 5.41 Å². The summed E-state index contributed by atoms with van der Waals surface area (Å²) in [5, 5.41) is 9.94. The first-order chi connectivity index (χ1) is 23.0. The highest BCUT2D eigenvalue weighted by Crippen LogP contribution is 2.56. The molecule has 0 atom stereocenters. The monoisotopic (exact) mass is 606 g/mol. The third kappa shape index (κ3) is 2.91. The van der Waals surface area contributed by atoms with E-state index in [1.807, 2.05) is 0 Å². The van der Waals surface area contributed by atoms with Crippen LogP contribution in [0.1, 0.15) is 38.8 Å². The van der Waals surface area contributed by atoms with Gasteiger partial charge in [-0.3, -0.25) is 0 Å². The Morgan fingerprint density at radius 2 is 1.02 bits per heavy atom. The molecule has 1 aliphatic rings. The molecule has 1 aliphatic carbocycles. The highest BCUT2D eigenvalue weighted by Gasteiger charge is 2.37. The van der Waals surface area contributed by atoms with Gasteiger partial charge in [0, 0.05) is 60.5 Å². The summed E-state index contributed by atoms with van der Waals surface area (Å²) in [5.74, 6) is 0. The zero-order chi connectivity index (χ0) is 31.3. The number of hydrogen-bond donors (Lipinski definition) is 0. The molecule has 0 bridgehead atoms. The molecule has 0 radical (unpaired) electrons. The predicted molar refractivity (Wildman–Crippen MR) is 195 cm³/mol. The van der Waals surface area contributed by atoms with Crippen LogP contribution in [0.4, 0.5) is 11.4 Å². The van der Waals surface area contributed by atoms with Crippen molar-refractivity contribution in [2.75, 3.05) is 4.90 Å². The van der Waals surface area contributed by atoms with Gasteiger partial charge in [-0.2, -0.15) is 0 Å². The first-order valence-electron chi connectivity index (χ1n) is 16.4. The fraction of sp³-hybridized carbons (Fsp3) is 0.116. The van der Waals surface area contributed by atoms with Crippen LogP contribution in [0.5, 0.6) is 0 Å². The van der Waals surface area contributed by atoms with Gasteiger partial charge in [0.2, 0.25) is 0 Å². The van der Waals surface area contributed by atoms with Crippen LogP contribution in [0, 0.1) is 0 Å². The van der Waals surface area contributed by atoms with Gasteiger partial charge >= 0.3 is 0 Å². The lowest BCUT2D eigenvalue weighted by Crippen LogP contribution is -2.15. The molecule has 7 aromatic carbocycles. The van der Waals surface area contributed by atoms with E-state index in [0.717, 1.165) is 39.4 Å². The number of para-hydroxylation sites is 1. The molecule has 3 heterocycles. The summed E-state index contributed by atoms with van der Waals surface area (Å²) in [5.41, 5.74) is 13.2. The van der Waals surface area contributed by atoms with E-state index in [0.29, 0.717) is 0 Å². The minimum atomic E-state index is -0.128. The molecule has 3 aromatic heterocycles. The Kier molecular flexibility index (Phi) is 4.52. The minimum absolute atomic E-state index is 0.128. The number of aromatic nitrogens is 1. The fourth-order valence-electron chi connectivity index (χ4n) is 8.89. The van der Waals surface area contributed by atoms with Gasteiger partial charge in [-0.15, -0.1) is 0 Å². The number of furan rings is 2. The van der Waals surface area contributed by atoms with Crippen LogP contribution in [0.15, 0.2) is 124 Å². The Morgan fingerprint density at radius 1 is 0.553 bits per heavy atom. The van der Waals surface area contributed by atoms with E-state index in [1.165, 1.54) is 70.9 Å². The lowest BCUT2D eigenvalue weighted by molar-refractivity contribution is 0.656. The minimum Gasteiger partial charge on any atom is -0.456 e. The molecule has 224 valence electrons. The van der Waals surface area contributed by atoms with Crippen molar-refractivity contribution >= 4 is 87.8 Å². The van der Waals surface area contributed by atoms with Crippen LogP contribution in [0.25, 0.3) is 82.1 Å². The lowest BCUT2D eigenvalue weighted by Gasteiger charge is -2.26. The molecule has 4 nitrogen and oxygen atoms in total. The van der Waals surface area contributed by atoms with Crippen molar-refractivity contribution in [1.29, 1.82) is 0 Å². The van der Waals surface area contributed by atoms with Gasteiger partial charge in [0.1, 0.15) is 22.3 Å². The van der Waals surface area contributed by atoms with Crippen LogP contribution in [-0.4, -0.2) is 4.57 Å². The normalized spacial score (nSPS) is 14.7. The predicted octanol–water partition coefficient (Wildman–Crippen LogP) is 12.3. The van der Waals surface area contributed by atoms with Crippen molar-refractivity contribution in [3.8, 4) is 5.69 Å². The molecule has 0 saturated carbocycles. The fourth-order valence-corrected chi connectivity index (χ4v) is 8.89. The second-order valence-electron chi connectivity index (χ2n) is 13.7. The molecule has 0 unspecified atom stereocenters. The summed E-state index contributed by atoms with van der Waals surface area (Å²) in [6.07, 6.45) is 2.16. The highest BCUT2D eigenvalue weighted by atomic mass is 16.3. The molecule has 4 heteroatoms. The van der Waals surface area contributed by atoms with E-state index in [1.54, 1.807) is 0 Å². The summed E-state index contributed by atoms with van der Waals surface area (Å²) >= 11 is 0. The van der Waals surface area contributed by atoms with Gasteiger partial charge in [0.15, 0.2) is 0 Å². The molecule has 0 spiro atoms. The lowest BCUT2D eigenvalue weighted by atomic mass is 9.81. The van der Waals surface area contributed by atoms with Gasteiger partial charge in [0.05, 0.1) is 11.0 Å². The number of benzene rings is 6. The molecule has 11 rings (SSSR count).